The van der Waals surface area contributed by atoms with E-state index < -0.39 is 0 Å². The van der Waals surface area contributed by atoms with Crippen molar-refractivity contribution in [1.82, 2.24) is 15.4 Å². The second kappa shape index (κ2) is 17.6. The van der Waals surface area contributed by atoms with Crippen molar-refractivity contribution in [2.45, 2.75) is 26.2 Å². The standard InChI is InChI=1S/C9H7N.C5H13NO.C4H5N.Cu.FH/c1-2-6-9-8(4-1)5-3-7-10-9;1-2-3-4-5-6-7;1-2-4-5-3-1;;/h1-7H;6-7H,2-5H2,1H3;1-5H;;1H. The first-order valence-corrected chi connectivity index (χ1v) is 7.63. The third-order valence-electron chi connectivity index (χ3n) is 2.90. The van der Waals surface area contributed by atoms with E-state index in [0.29, 0.717) is 0 Å². The maximum atomic E-state index is 8.04. The van der Waals surface area contributed by atoms with E-state index in [1.165, 1.54) is 18.2 Å². The first-order valence-electron chi connectivity index (χ1n) is 7.63. The van der Waals surface area contributed by atoms with Gasteiger partial charge in [-0.3, -0.25) is 9.69 Å². The Bertz CT molecular complexity index is 507. The first-order chi connectivity index (χ1) is 10.9. The van der Waals surface area contributed by atoms with Gasteiger partial charge in [-0.1, -0.05) is 44.0 Å². The van der Waals surface area contributed by atoms with Gasteiger partial charge in [-0.15, -0.1) is 0 Å². The van der Waals surface area contributed by atoms with Gasteiger partial charge in [-0.05, 0) is 30.7 Å². The molecule has 0 aliphatic heterocycles. The second-order valence-electron chi connectivity index (χ2n) is 4.70. The number of hydroxylamine groups is 1. The van der Waals surface area contributed by atoms with Gasteiger partial charge in [0.2, 0.25) is 0 Å². The van der Waals surface area contributed by atoms with Gasteiger partial charge in [0.15, 0.2) is 0 Å². The van der Waals surface area contributed by atoms with E-state index in [1.54, 1.807) is 0 Å². The molecule has 137 valence electrons. The van der Waals surface area contributed by atoms with Gasteiger partial charge in [-0.25, -0.2) is 5.48 Å². The van der Waals surface area contributed by atoms with E-state index in [0.717, 1.165) is 18.5 Å². The van der Waals surface area contributed by atoms with E-state index in [-0.39, 0.29) is 21.8 Å². The van der Waals surface area contributed by atoms with E-state index in [4.69, 9.17) is 5.21 Å². The summed E-state index contributed by atoms with van der Waals surface area (Å²) in [5, 5.41) is 9.24. The molecule has 0 amide bonds. The summed E-state index contributed by atoms with van der Waals surface area (Å²) in [6.45, 7) is 2.87. The number of nitrogens with zero attached hydrogens (tertiary/aromatic N) is 1. The van der Waals surface area contributed by atoms with Crippen molar-refractivity contribution in [3.05, 3.63) is 67.1 Å². The maximum Gasteiger partial charge on any atom is 0.0701 e. The Kier molecular flexibility index (Phi) is 18.0. The smallest absolute Gasteiger partial charge is 0.0701 e. The van der Waals surface area contributed by atoms with Crippen LogP contribution in [0.3, 0.4) is 0 Å². The van der Waals surface area contributed by atoms with E-state index in [1.807, 2.05) is 55.0 Å². The zero-order chi connectivity index (χ0) is 15.9. The molecule has 0 aliphatic carbocycles. The Labute approximate surface area is 153 Å². The number of benzene rings is 1. The quantitative estimate of drug-likeness (QED) is 0.352. The number of unbranched alkanes of at least 4 members (excludes halogenated alkanes) is 2. The van der Waals surface area contributed by atoms with E-state index in [9.17, 15) is 0 Å². The van der Waals surface area contributed by atoms with Gasteiger partial charge in [0.05, 0.1) is 5.52 Å². The van der Waals surface area contributed by atoms with Crippen LogP contribution in [0.4, 0.5) is 4.70 Å². The van der Waals surface area contributed by atoms with Crippen molar-refractivity contribution >= 4 is 10.9 Å². The molecule has 2 aromatic heterocycles. The van der Waals surface area contributed by atoms with Crippen LogP contribution in [-0.2, 0) is 17.1 Å². The Morgan fingerprint density at radius 2 is 1.67 bits per heavy atom. The molecule has 4 nitrogen and oxygen atoms in total. The summed E-state index contributed by atoms with van der Waals surface area (Å²) in [6, 6.07) is 16.0. The van der Waals surface area contributed by atoms with E-state index in [2.05, 4.69) is 34.5 Å². The summed E-state index contributed by atoms with van der Waals surface area (Å²) in [4.78, 5) is 7.04. The molecule has 3 N–H and O–H groups in total. The van der Waals surface area contributed by atoms with Crippen molar-refractivity contribution in [1.29, 1.82) is 0 Å². The number of H-pyrrole nitrogens is 1. The van der Waals surface area contributed by atoms with Crippen LogP contribution in [0.5, 0.6) is 0 Å². The fourth-order valence-electron chi connectivity index (χ4n) is 1.75. The zero-order valence-corrected chi connectivity index (χ0v) is 14.7. The molecule has 24 heavy (non-hydrogen) atoms. The topological polar surface area (TPSA) is 60.9 Å². The number of aromatic amines is 1. The number of nitrogens with one attached hydrogen (secondary N) is 2. The Morgan fingerprint density at radius 3 is 2.21 bits per heavy atom. The predicted molar refractivity (Wildman–Crippen MR) is 94.4 cm³/mol. The fourth-order valence-corrected chi connectivity index (χ4v) is 1.75. The fraction of sp³-hybridized carbons (Fsp3) is 0.278. The third kappa shape index (κ3) is 11.8. The van der Waals surface area contributed by atoms with Gasteiger partial charge in [-0.2, -0.15) is 0 Å². The number of halogens is 1. The van der Waals surface area contributed by atoms with Crippen molar-refractivity contribution in [3.63, 3.8) is 0 Å². The molecular weight excluding hydrogens is 357 g/mol. The van der Waals surface area contributed by atoms with E-state index >= 15 is 0 Å². The molecule has 0 aliphatic rings. The zero-order valence-electron chi connectivity index (χ0n) is 13.8. The molecule has 0 fully saturated rings. The van der Waals surface area contributed by atoms with Crippen LogP contribution in [0.15, 0.2) is 67.1 Å². The van der Waals surface area contributed by atoms with Gasteiger partial charge in [0.25, 0.3) is 0 Å². The van der Waals surface area contributed by atoms with Gasteiger partial charge in [0, 0.05) is 47.6 Å². The van der Waals surface area contributed by atoms with Crippen molar-refractivity contribution < 1.29 is 27.0 Å². The number of hydrogen-bond donors (Lipinski definition) is 3. The molecule has 0 bridgehead atoms. The maximum absolute atomic E-state index is 8.04. The number of pyridine rings is 1. The molecule has 3 aromatic rings. The largest absolute Gasteiger partial charge is 0.368 e. The van der Waals surface area contributed by atoms with Crippen LogP contribution in [0.25, 0.3) is 10.9 Å². The Balaban J connectivity index is 0. The molecule has 6 heteroatoms. The number of aromatic nitrogens is 2. The SMILES string of the molecule is CCCCCNO.F.[Cu].c1cc[nH]c1.c1ccc2ncccc2c1. The monoisotopic (exact) mass is 382 g/mol. The minimum Gasteiger partial charge on any atom is -0.368 e. The molecule has 0 saturated carbocycles. The minimum atomic E-state index is 0. The first kappa shape index (κ1) is 24.5. The average molecular weight is 383 g/mol. The summed E-state index contributed by atoms with van der Waals surface area (Å²) in [7, 11) is 0. The van der Waals surface area contributed by atoms with Crippen LogP contribution in [-0.4, -0.2) is 21.7 Å². The summed E-state index contributed by atoms with van der Waals surface area (Å²) >= 11 is 0. The molecule has 0 saturated heterocycles. The van der Waals surface area contributed by atoms with Gasteiger partial charge < -0.3 is 10.2 Å². The molecule has 0 spiro atoms. The Morgan fingerprint density at radius 1 is 1.00 bits per heavy atom. The number of rotatable bonds is 4. The van der Waals surface area contributed by atoms with Crippen LogP contribution < -0.4 is 5.48 Å². The van der Waals surface area contributed by atoms with Crippen molar-refractivity contribution in [2.24, 2.45) is 0 Å². The van der Waals surface area contributed by atoms with Gasteiger partial charge >= 0.3 is 0 Å². The number of para-hydroxylation sites is 1. The van der Waals surface area contributed by atoms with Crippen LogP contribution in [0.1, 0.15) is 26.2 Å². The molecule has 3 rings (SSSR count). The van der Waals surface area contributed by atoms with Crippen molar-refractivity contribution in [3.8, 4) is 0 Å². The number of hydrogen-bond acceptors (Lipinski definition) is 3. The molecule has 0 atom stereocenters. The summed E-state index contributed by atoms with van der Waals surface area (Å²) in [5.41, 5.74) is 3.16. The third-order valence-corrected chi connectivity index (χ3v) is 2.90. The van der Waals surface area contributed by atoms with Crippen LogP contribution >= 0.6 is 0 Å². The molecule has 2 heterocycles. The summed E-state index contributed by atoms with van der Waals surface area (Å²) in [5.74, 6) is 0. The molecule has 1 aromatic carbocycles. The van der Waals surface area contributed by atoms with Gasteiger partial charge in [0.1, 0.15) is 0 Å². The van der Waals surface area contributed by atoms with Crippen LogP contribution in [0, 0.1) is 0 Å². The van der Waals surface area contributed by atoms with Crippen molar-refractivity contribution in [2.75, 3.05) is 6.54 Å². The number of fused-ring (bicyclic) bond motifs is 1. The summed E-state index contributed by atoms with van der Waals surface area (Å²) in [6.07, 6.45) is 9.05. The summed E-state index contributed by atoms with van der Waals surface area (Å²) < 4.78 is 0. The van der Waals surface area contributed by atoms with Crippen LogP contribution in [0.2, 0.25) is 0 Å². The average Bonchev–Trinajstić information content (AvgIpc) is 3.16. The Hall–Kier alpha value is -1.72. The molecular formula is C18H26CuFN3O. The normalized spacial score (nSPS) is 8.58. The second-order valence-corrected chi connectivity index (χ2v) is 4.70. The molecule has 1 radical (unpaired) electrons. The predicted octanol–water partition coefficient (Wildman–Crippen LogP) is 4.55. The minimum absolute atomic E-state index is 0. The molecule has 0 unspecified atom stereocenters.